The highest BCUT2D eigenvalue weighted by Crippen LogP contribution is 2.68. The molecular weight excluding hydrogens is 384 g/mol. The van der Waals surface area contributed by atoms with Gasteiger partial charge in [-0.3, -0.25) is 14.4 Å². The summed E-state index contributed by atoms with van der Waals surface area (Å²) < 4.78 is 5.83. The summed E-state index contributed by atoms with van der Waals surface area (Å²) in [5.41, 5.74) is -1.12. The zero-order valence-electron chi connectivity index (χ0n) is 18.3. The highest BCUT2D eigenvalue weighted by Gasteiger charge is 2.70. The van der Waals surface area contributed by atoms with E-state index >= 15 is 0 Å². The van der Waals surface area contributed by atoms with Gasteiger partial charge in [-0.05, 0) is 67.8 Å². The predicted molar refractivity (Wildman–Crippen MR) is 109 cm³/mol. The summed E-state index contributed by atoms with van der Waals surface area (Å²) >= 11 is 0. The summed E-state index contributed by atoms with van der Waals surface area (Å²) in [5.74, 6) is -0.362. The summed E-state index contributed by atoms with van der Waals surface area (Å²) in [6.45, 7) is 5.18. The first-order valence-corrected chi connectivity index (χ1v) is 11.4. The van der Waals surface area contributed by atoms with Gasteiger partial charge in [-0.1, -0.05) is 26.3 Å². The number of aliphatic hydroxyl groups excluding tert-OH is 2. The van der Waals surface area contributed by atoms with Gasteiger partial charge in [-0.15, -0.1) is 0 Å². The largest absolute Gasteiger partial charge is 0.450 e. The van der Waals surface area contributed by atoms with Crippen molar-refractivity contribution in [1.29, 1.82) is 0 Å². The fourth-order valence-corrected chi connectivity index (χ4v) is 7.75. The van der Waals surface area contributed by atoms with Gasteiger partial charge in [-0.2, -0.15) is 0 Å². The summed E-state index contributed by atoms with van der Waals surface area (Å²) in [6.07, 6.45) is 5.77. The van der Waals surface area contributed by atoms with Crippen LogP contribution in [-0.4, -0.2) is 46.1 Å². The van der Waals surface area contributed by atoms with E-state index in [1.807, 2.05) is 6.92 Å². The van der Waals surface area contributed by atoms with Crippen LogP contribution in [-0.2, 0) is 19.1 Å². The van der Waals surface area contributed by atoms with Crippen LogP contribution in [0.25, 0.3) is 0 Å². The summed E-state index contributed by atoms with van der Waals surface area (Å²) in [7, 11) is 0. The number of Topliss-reactive ketones (excluding diaryl/α,β-unsaturated/α-hetero) is 1. The fraction of sp³-hybridized carbons (Fsp3) is 0.792. The van der Waals surface area contributed by atoms with E-state index in [1.165, 1.54) is 0 Å². The molecule has 7 atom stereocenters. The normalized spacial score (nSPS) is 45.1. The van der Waals surface area contributed by atoms with Crippen molar-refractivity contribution in [3.63, 3.8) is 0 Å². The number of ether oxygens (including phenoxy) is 1. The maximum atomic E-state index is 13.0. The Balaban J connectivity index is 1.75. The van der Waals surface area contributed by atoms with Crippen LogP contribution in [0.1, 0.15) is 72.1 Å². The van der Waals surface area contributed by atoms with Crippen LogP contribution in [0.15, 0.2) is 11.6 Å². The standard InChI is InChI=1S/C24H34O6/c1-4-20(29)30-24(19(28)13-25)10-8-17-16-6-5-14-11-15(26)7-9-22(14,2)21(16)18(27)12-23(17,24)3/h11,16-18,21,25,27H,4-10,12-13H2,1-3H3/t16?,17?,18-,21?,22-,23-,24-/m0/s1. The second kappa shape index (κ2) is 7.27. The molecule has 0 amide bonds. The Labute approximate surface area is 178 Å². The van der Waals surface area contributed by atoms with E-state index in [-0.39, 0.29) is 35.4 Å². The molecule has 0 aromatic heterocycles. The summed E-state index contributed by atoms with van der Waals surface area (Å²) in [5, 5.41) is 21.2. The number of ketones is 2. The van der Waals surface area contributed by atoms with Crippen molar-refractivity contribution in [2.45, 2.75) is 83.8 Å². The van der Waals surface area contributed by atoms with Gasteiger partial charge in [0, 0.05) is 18.3 Å². The molecule has 0 heterocycles. The van der Waals surface area contributed by atoms with Crippen molar-refractivity contribution in [3.8, 4) is 0 Å². The van der Waals surface area contributed by atoms with Crippen LogP contribution in [0.4, 0.5) is 0 Å². The molecule has 0 aromatic carbocycles. The Kier molecular flexibility index (Phi) is 5.25. The molecule has 4 aliphatic rings. The fourth-order valence-electron chi connectivity index (χ4n) is 7.75. The van der Waals surface area contributed by atoms with Crippen molar-refractivity contribution in [3.05, 3.63) is 11.6 Å². The third-order valence-corrected chi connectivity index (χ3v) is 9.19. The SMILES string of the molecule is CCC(=O)O[C@]1(C(=O)CO)CCC2C3CCC4=CC(=O)CC[C@]4(C)C3[C@@H](O)C[C@@]21C. The number of hydrogen-bond donors (Lipinski definition) is 2. The Morgan fingerprint density at radius 2 is 1.93 bits per heavy atom. The van der Waals surface area contributed by atoms with Gasteiger partial charge in [0.1, 0.15) is 6.61 Å². The first-order chi connectivity index (χ1) is 14.1. The Hall–Kier alpha value is -1.53. The molecule has 4 aliphatic carbocycles. The molecule has 0 saturated heterocycles. The van der Waals surface area contributed by atoms with E-state index in [9.17, 15) is 24.6 Å². The van der Waals surface area contributed by atoms with E-state index < -0.39 is 35.5 Å². The highest BCUT2D eigenvalue weighted by atomic mass is 16.6. The van der Waals surface area contributed by atoms with Gasteiger partial charge in [0.05, 0.1) is 6.10 Å². The number of rotatable bonds is 4. The van der Waals surface area contributed by atoms with E-state index in [0.29, 0.717) is 19.3 Å². The molecule has 4 rings (SSSR count). The molecule has 3 fully saturated rings. The lowest BCUT2D eigenvalue weighted by Gasteiger charge is -2.60. The number of esters is 1. The van der Waals surface area contributed by atoms with Crippen molar-refractivity contribution < 1.29 is 29.3 Å². The van der Waals surface area contributed by atoms with Crippen molar-refractivity contribution in [1.82, 2.24) is 0 Å². The first kappa shape index (κ1) is 21.7. The number of allylic oxidation sites excluding steroid dienone is 1. The average Bonchev–Trinajstić information content (AvgIpc) is 3.00. The van der Waals surface area contributed by atoms with Crippen LogP contribution in [0.2, 0.25) is 0 Å². The van der Waals surface area contributed by atoms with Crippen molar-refractivity contribution in [2.75, 3.05) is 6.61 Å². The number of hydrogen-bond acceptors (Lipinski definition) is 6. The lowest BCUT2D eigenvalue weighted by molar-refractivity contribution is -0.202. The third-order valence-electron chi connectivity index (χ3n) is 9.19. The maximum Gasteiger partial charge on any atom is 0.306 e. The molecular formula is C24H34O6. The van der Waals surface area contributed by atoms with E-state index in [1.54, 1.807) is 13.0 Å². The third kappa shape index (κ3) is 2.79. The van der Waals surface area contributed by atoms with Crippen LogP contribution < -0.4 is 0 Å². The second-order valence-corrected chi connectivity index (χ2v) is 10.4. The van der Waals surface area contributed by atoms with Gasteiger partial charge in [-0.25, -0.2) is 0 Å². The topological polar surface area (TPSA) is 101 Å². The zero-order valence-corrected chi connectivity index (χ0v) is 18.3. The lowest BCUT2D eigenvalue weighted by atomic mass is 9.45. The molecule has 2 N–H and O–H groups in total. The quantitative estimate of drug-likeness (QED) is 0.681. The Morgan fingerprint density at radius 3 is 2.60 bits per heavy atom. The van der Waals surface area contributed by atoms with E-state index in [4.69, 9.17) is 4.74 Å². The monoisotopic (exact) mass is 418 g/mol. The average molecular weight is 419 g/mol. The van der Waals surface area contributed by atoms with E-state index in [2.05, 4.69) is 6.92 Å². The summed E-state index contributed by atoms with van der Waals surface area (Å²) in [6, 6.07) is 0. The minimum atomic E-state index is -1.37. The minimum absolute atomic E-state index is 0.0329. The highest BCUT2D eigenvalue weighted by molar-refractivity contribution is 5.92. The second-order valence-electron chi connectivity index (χ2n) is 10.4. The molecule has 0 aromatic rings. The molecule has 0 radical (unpaired) electrons. The summed E-state index contributed by atoms with van der Waals surface area (Å²) in [4.78, 5) is 37.3. The molecule has 6 heteroatoms. The maximum absolute atomic E-state index is 13.0. The predicted octanol–water partition coefficient (Wildman–Crippen LogP) is 2.74. The molecule has 30 heavy (non-hydrogen) atoms. The Morgan fingerprint density at radius 1 is 1.20 bits per heavy atom. The van der Waals surface area contributed by atoms with Crippen LogP contribution >= 0.6 is 0 Å². The number of carbonyl (C=O) groups is 3. The van der Waals surface area contributed by atoms with Gasteiger partial charge in [0.2, 0.25) is 5.78 Å². The number of fused-ring (bicyclic) bond motifs is 5. The molecule has 0 bridgehead atoms. The van der Waals surface area contributed by atoms with Gasteiger partial charge in [0.15, 0.2) is 11.4 Å². The Bertz CT molecular complexity index is 802. The van der Waals surface area contributed by atoms with Crippen molar-refractivity contribution in [2.24, 2.45) is 28.6 Å². The van der Waals surface area contributed by atoms with Crippen LogP contribution in [0, 0.1) is 28.6 Å². The molecule has 6 nitrogen and oxygen atoms in total. The lowest BCUT2D eigenvalue weighted by Crippen LogP contribution is -2.63. The van der Waals surface area contributed by atoms with E-state index in [0.717, 1.165) is 31.3 Å². The van der Waals surface area contributed by atoms with Gasteiger partial charge < -0.3 is 14.9 Å². The van der Waals surface area contributed by atoms with Gasteiger partial charge >= 0.3 is 5.97 Å². The van der Waals surface area contributed by atoms with Crippen LogP contribution in [0.3, 0.4) is 0 Å². The smallest absolute Gasteiger partial charge is 0.306 e. The number of carbonyl (C=O) groups excluding carboxylic acids is 3. The molecule has 3 unspecified atom stereocenters. The number of aliphatic hydroxyl groups is 2. The molecule has 0 aliphatic heterocycles. The van der Waals surface area contributed by atoms with Crippen molar-refractivity contribution >= 4 is 17.5 Å². The molecule has 0 spiro atoms. The van der Waals surface area contributed by atoms with Crippen LogP contribution in [0.5, 0.6) is 0 Å². The molecule has 3 saturated carbocycles. The van der Waals surface area contributed by atoms with Gasteiger partial charge in [0.25, 0.3) is 0 Å². The minimum Gasteiger partial charge on any atom is -0.450 e. The zero-order chi connectivity index (χ0) is 21.9. The molecule has 166 valence electrons. The first-order valence-electron chi connectivity index (χ1n) is 11.4.